The van der Waals surface area contributed by atoms with Crippen molar-refractivity contribution in [1.82, 2.24) is 9.80 Å². The molecule has 4 heterocycles. The van der Waals surface area contributed by atoms with E-state index in [9.17, 15) is 19.5 Å². The Morgan fingerprint density at radius 1 is 1.14 bits per heavy atom. The Bertz CT molecular complexity index is 1070. The van der Waals surface area contributed by atoms with Gasteiger partial charge in [-0.3, -0.25) is 14.4 Å². The fourth-order valence-corrected chi connectivity index (χ4v) is 6.43. The van der Waals surface area contributed by atoms with E-state index in [0.717, 1.165) is 18.4 Å². The summed E-state index contributed by atoms with van der Waals surface area (Å²) in [4.78, 5) is 44.8. The Hall–Kier alpha value is -2.97. The van der Waals surface area contributed by atoms with Gasteiger partial charge >= 0.3 is 5.97 Å². The molecule has 8 nitrogen and oxygen atoms in total. The number of hydrogen-bond acceptors (Lipinski definition) is 6. The van der Waals surface area contributed by atoms with E-state index in [-0.39, 0.29) is 31.1 Å². The first-order chi connectivity index (χ1) is 17.4. The molecule has 36 heavy (non-hydrogen) atoms. The molecule has 192 valence electrons. The Labute approximate surface area is 211 Å². The number of aliphatic hydroxyl groups is 1. The maximum absolute atomic E-state index is 14.3. The van der Waals surface area contributed by atoms with E-state index >= 15 is 0 Å². The van der Waals surface area contributed by atoms with Crippen LogP contribution < -0.4 is 0 Å². The molecule has 2 saturated heterocycles. The number of carbonyl (C=O) groups excluding carboxylic acids is 3. The number of ether oxygens (including phenoxy) is 2. The molecule has 7 atom stereocenters. The molecule has 4 aliphatic heterocycles. The predicted octanol–water partition coefficient (Wildman–Crippen LogP) is 1.87. The second kappa shape index (κ2) is 9.82. The third kappa shape index (κ3) is 3.87. The number of esters is 1. The molecule has 8 heteroatoms. The number of fused-ring (bicyclic) bond motifs is 2. The molecule has 0 aromatic heterocycles. The van der Waals surface area contributed by atoms with Crippen molar-refractivity contribution in [2.24, 2.45) is 11.8 Å². The molecule has 0 bridgehead atoms. The Kier molecular flexibility index (Phi) is 6.74. The number of carbonyl (C=O) groups is 3. The summed E-state index contributed by atoms with van der Waals surface area (Å²) in [6.45, 7) is 4.29. The average Bonchev–Trinajstić information content (AvgIpc) is 3.17. The Morgan fingerprint density at radius 3 is 2.64 bits per heavy atom. The average molecular weight is 495 g/mol. The minimum absolute atomic E-state index is 0.0308. The van der Waals surface area contributed by atoms with Crippen molar-refractivity contribution in [3.05, 3.63) is 60.2 Å². The van der Waals surface area contributed by atoms with Gasteiger partial charge in [-0.1, -0.05) is 61.9 Å². The SMILES string of the molecule is CCCC(C)N1CC=C[C@]23O[C@H]4C=CCOC(=O)[C@H]4[C@H]2C(=O)N([C@@H](CO)Cc2ccccc2)C3C1=O. The summed E-state index contributed by atoms with van der Waals surface area (Å²) in [5.74, 6) is -2.81. The number of hydrogen-bond donors (Lipinski definition) is 1. The van der Waals surface area contributed by atoms with Gasteiger partial charge in [0.25, 0.3) is 0 Å². The highest BCUT2D eigenvalue weighted by molar-refractivity contribution is 5.99. The van der Waals surface area contributed by atoms with Crippen LogP contribution in [0.4, 0.5) is 0 Å². The van der Waals surface area contributed by atoms with Crippen molar-refractivity contribution in [3.63, 3.8) is 0 Å². The van der Waals surface area contributed by atoms with E-state index in [2.05, 4.69) is 6.92 Å². The number of amides is 2. The summed E-state index contributed by atoms with van der Waals surface area (Å²) in [6.07, 6.45) is 8.67. The van der Waals surface area contributed by atoms with E-state index < -0.39 is 41.6 Å². The zero-order valence-corrected chi connectivity index (χ0v) is 20.8. The fourth-order valence-electron chi connectivity index (χ4n) is 6.43. The van der Waals surface area contributed by atoms with Crippen LogP contribution in [0.25, 0.3) is 0 Å². The van der Waals surface area contributed by atoms with Gasteiger partial charge in [0.05, 0.1) is 24.7 Å². The molecule has 5 rings (SSSR count). The molecule has 2 fully saturated rings. The van der Waals surface area contributed by atoms with Crippen molar-refractivity contribution in [1.29, 1.82) is 0 Å². The second-order valence-electron chi connectivity index (χ2n) is 10.2. The van der Waals surface area contributed by atoms with Crippen molar-refractivity contribution in [2.45, 2.75) is 62.9 Å². The van der Waals surface area contributed by atoms with Crippen LogP contribution in [-0.4, -0.2) is 82.3 Å². The van der Waals surface area contributed by atoms with Crippen LogP contribution in [0.1, 0.15) is 32.3 Å². The molecule has 1 spiro atoms. The number of likely N-dealkylation sites (tertiary alicyclic amines) is 1. The normalized spacial score (nSPS) is 32.9. The lowest BCUT2D eigenvalue weighted by Crippen LogP contribution is -2.59. The maximum Gasteiger partial charge on any atom is 0.313 e. The van der Waals surface area contributed by atoms with E-state index in [1.807, 2.05) is 49.4 Å². The van der Waals surface area contributed by atoms with Gasteiger partial charge in [0.1, 0.15) is 24.2 Å². The third-order valence-corrected chi connectivity index (χ3v) is 8.04. The highest BCUT2D eigenvalue weighted by Crippen LogP contribution is 2.54. The van der Waals surface area contributed by atoms with Gasteiger partial charge in [-0.2, -0.15) is 0 Å². The number of nitrogens with zero attached hydrogens (tertiary/aromatic N) is 2. The van der Waals surface area contributed by atoms with Crippen molar-refractivity contribution < 1.29 is 29.0 Å². The van der Waals surface area contributed by atoms with Crippen LogP contribution in [0.3, 0.4) is 0 Å². The van der Waals surface area contributed by atoms with Crippen LogP contribution >= 0.6 is 0 Å². The van der Waals surface area contributed by atoms with Crippen molar-refractivity contribution in [3.8, 4) is 0 Å². The quantitative estimate of drug-likeness (QED) is 0.459. The number of rotatable bonds is 7. The summed E-state index contributed by atoms with van der Waals surface area (Å²) in [7, 11) is 0. The molecular formula is C28H34N2O6. The minimum Gasteiger partial charge on any atom is -0.461 e. The first-order valence-electron chi connectivity index (χ1n) is 12.9. The predicted molar refractivity (Wildman–Crippen MR) is 132 cm³/mol. The van der Waals surface area contributed by atoms with Crippen molar-refractivity contribution >= 4 is 17.8 Å². The zero-order valence-electron chi connectivity index (χ0n) is 20.8. The van der Waals surface area contributed by atoms with E-state index in [0.29, 0.717) is 13.0 Å². The van der Waals surface area contributed by atoms with Crippen LogP contribution in [0.15, 0.2) is 54.6 Å². The molecule has 2 unspecified atom stereocenters. The molecule has 1 aromatic rings. The first-order valence-corrected chi connectivity index (χ1v) is 12.9. The molecular weight excluding hydrogens is 460 g/mol. The molecule has 1 N–H and O–H groups in total. The minimum atomic E-state index is -1.31. The molecule has 0 radical (unpaired) electrons. The number of aliphatic hydroxyl groups excluding tert-OH is 1. The maximum atomic E-state index is 14.3. The molecule has 1 aromatic carbocycles. The monoisotopic (exact) mass is 494 g/mol. The topological polar surface area (TPSA) is 96.4 Å². The van der Waals surface area contributed by atoms with E-state index in [4.69, 9.17) is 9.47 Å². The van der Waals surface area contributed by atoms with E-state index in [1.165, 1.54) is 4.90 Å². The summed E-state index contributed by atoms with van der Waals surface area (Å²) in [6, 6.07) is 7.92. The second-order valence-corrected chi connectivity index (χ2v) is 10.2. The van der Waals surface area contributed by atoms with Crippen LogP contribution in [0.5, 0.6) is 0 Å². The fraction of sp³-hybridized carbons (Fsp3) is 0.536. The summed E-state index contributed by atoms with van der Waals surface area (Å²) < 4.78 is 11.9. The lowest BCUT2D eigenvalue weighted by Gasteiger charge is -2.40. The summed E-state index contributed by atoms with van der Waals surface area (Å²) in [5.41, 5.74) is -0.367. The lowest BCUT2D eigenvalue weighted by molar-refractivity contribution is -0.155. The highest BCUT2D eigenvalue weighted by Gasteiger charge is 2.72. The summed E-state index contributed by atoms with van der Waals surface area (Å²) >= 11 is 0. The van der Waals surface area contributed by atoms with Gasteiger partial charge in [-0.25, -0.2) is 0 Å². The summed E-state index contributed by atoms with van der Waals surface area (Å²) in [5, 5.41) is 10.5. The standard InChI is InChI=1S/C28H34N2O6/c1-3-9-18(2)29-14-8-13-28-23(22-21(36-28)12-7-15-35-27(22)34)25(32)30(24(28)26(29)33)20(17-31)16-19-10-5-4-6-11-19/h4-8,10-13,18,20-24,31H,3,9,14-17H2,1-2H3/t18?,20-,21+,22-,23+,24?,28+/m1/s1. The largest absolute Gasteiger partial charge is 0.461 e. The van der Waals surface area contributed by atoms with Gasteiger partial charge in [0, 0.05) is 12.6 Å². The highest BCUT2D eigenvalue weighted by atomic mass is 16.6. The number of benzene rings is 1. The van der Waals surface area contributed by atoms with Gasteiger partial charge in [-0.05, 0) is 31.4 Å². The van der Waals surface area contributed by atoms with Gasteiger partial charge in [-0.15, -0.1) is 0 Å². The number of cyclic esters (lactones) is 1. The Morgan fingerprint density at radius 2 is 1.92 bits per heavy atom. The third-order valence-electron chi connectivity index (χ3n) is 8.04. The van der Waals surface area contributed by atoms with Gasteiger partial charge in [0.2, 0.25) is 11.8 Å². The molecule has 0 saturated carbocycles. The first kappa shape index (κ1) is 24.7. The van der Waals surface area contributed by atoms with Crippen molar-refractivity contribution in [2.75, 3.05) is 19.8 Å². The molecule has 0 aliphatic carbocycles. The Balaban J connectivity index is 1.61. The zero-order chi connectivity index (χ0) is 25.4. The van der Waals surface area contributed by atoms with Crippen LogP contribution in [0, 0.1) is 11.8 Å². The van der Waals surface area contributed by atoms with Gasteiger partial charge in [0.15, 0.2) is 0 Å². The smallest absolute Gasteiger partial charge is 0.313 e. The lowest BCUT2D eigenvalue weighted by atomic mass is 9.78. The molecule has 2 amide bonds. The van der Waals surface area contributed by atoms with E-state index in [1.54, 1.807) is 17.1 Å². The van der Waals surface area contributed by atoms with Crippen LogP contribution in [0.2, 0.25) is 0 Å². The van der Waals surface area contributed by atoms with Crippen LogP contribution in [-0.2, 0) is 30.3 Å². The van der Waals surface area contributed by atoms with Gasteiger partial charge < -0.3 is 24.4 Å². The molecule has 4 aliphatic rings.